The summed E-state index contributed by atoms with van der Waals surface area (Å²) in [5.74, 6) is 0.115. The first-order valence-electron chi connectivity index (χ1n) is 9.25. The molecule has 4 nitrogen and oxygen atoms in total. The minimum Gasteiger partial charge on any atom is -0.310 e. The number of carbonyl (C=O) groups excluding carboxylic acids is 1. The van der Waals surface area contributed by atoms with Crippen LogP contribution in [0.1, 0.15) is 29.2 Å². The Morgan fingerprint density at radius 3 is 2.71 bits per heavy atom. The van der Waals surface area contributed by atoms with Gasteiger partial charge in [-0.1, -0.05) is 48.5 Å². The molecule has 5 heteroatoms. The standard InChI is InChI=1S/C23H18FN3O/c1-14-22-20(19-11-4-7-15-6-2-3-10-18(15)19)13-21(28)25-23(22)27(26-14)17-9-5-8-16(24)12-17/h2-12,20H,13H2,1H3,(H,25,28)/t20-/m0/s1. The summed E-state index contributed by atoms with van der Waals surface area (Å²) in [5, 5.41) is 9.86. The zero-order valence-corrected chi connectivity index (χ0v) is 15.3. The van der Waals surface area contributed by atoms with Crippen LogP contribution in [0.5, 0.6) is 0 Å². The maximum atomic E-state index is 13.8. The molecule has 1 aliphatic heterocycles. The van der Waals surface area contributed by atoms with Crippen molar-refractivity contribution >= 4 is 22.5 Å². The zero-order valence-electron chi connectivity index (χ0n) is 15.3. The largest absolute Gasteiger partial charge is 0.310 e. The molecule has 4 aromatic rings. The Labute approximate surface area is 161 Å². The van der Waals surface area contributed by atoms with Gasteiger partial charge in [0.05, 0.1) is 11.4 Å². The number of aryl methyl sites for hydroxylation is 1. The number of hydrogen-bond donors (Lipinski definition) is 1. The SMILES string of the molecule is Cc1nn(-c2cccc(F)c2)c2c1[C@H](c1cccc3ccccc13)CC(=O)N2. The molecule has 0 aliphatic carbocycles. The van der Waals surface area contributed by atoms with Gasteiger partial charge in [-0.25, -0.2) is 9.07 Å². The summed E-state index contributed by atoms with van der Waals surface area (Å²) in [6.45, 7) is 1.93. The van der Waals surface area contributed by atoms with Gasteiger partial charge in [0.15, 0.2) is 0 Å². The molecule has 0 saturated heterocycles. The van der Waals surface area contributed by atoms with E-state index in [0.29, 0.717) is 17.9 Å². The highest BCUT2D eigenvalue weighted by Crippen LogP contribution is 2.42. The number of amides is 1. The summed E-state index contributed by atoms with van der Waals surface area (Å²) in [7, 11) is 0. The summed E-state index contributed by atoms with van der Waals surface area (Å²) in [6.07, 6.45) is 0.358. The molecule has 0 radical (unpaired) electrons. The zero-order chi connectivity index (χ0) is 19.3. The van der Waals surface area contributed by atoms with E-state index in [1.807, 2.05) is 25.1 Å². The quantitative estimate of drug-likeness (QED) is 0.542. The fourth-order valence-corrected chi connectivity index (χ4v) is 4.16. The maximum absolute atomic E-state index is 13.8. The second kappa shape index (κ2) is 6.30. The minimum atomic E-state index is -0.341. The van der Waals surface area contributed by atoms with Crippen molar-refractivity contribution in [1.29, 1.82) is 0 Å². The van der Waals surface area contributed by atoms with Gasteiger partial charge in [-0.05, 0) is 41.5 Å². The maximum Gasteiger partial charge on any atom is 0.226 e. The van der Waals surface area contributed by atoms with Crippen LogP contribution in [0.4, 0.5) is 10.2 Å². The van der Waals surface area contributed by atoms with Gasteiger partial charge in [-0.15, -0.1) is 0 Å². The molecule has 3 aromatic carbocycles. The summed E-state index contributed by atoms with van der Waals surface area (Å²) in [5.41, 5.74) is 3.51. The van der Waals surface area contributed by atoms with E-state index in [4.69, 9.17) is 0 Å². The first-order chi connectivity index (χ1) is 13.6. The van der Waals surface area contributed by atoms with Crippen LogP contribution in [0.2, 0.25) is 0 Å². The van der Waals surface area contributed by atoms with E-state index in [1.165, 1.54) is 12.1 Å². The molecule has 0 saturated carbocycles. The van der Waals surface area contributed by atoms with Gasteiger partial charge in [0, 0.05) is 17.9 Å². The van der Waals surface area contributed by atoms with Crippen molar-refractivity contribution in [2.75, 3.05) is 5.32 Å². The predicted molar refractivity (Wildman–Crippen MR) is 107 cm³/mol. The van der Waals surface area contributed by atoms with Gasteiger partial charge in [0.25, 0.3) is 0 Å². The number of anilines is 1. The van der Waals surface area contributed by atoms with Crippen LogP contribution < -0.4 is 5.32 Å². The Hall–Kier alpha value is -3.47. The minimum absolute atomic E-state index is 0.0667. The van der Waals surface area contributed by atoms with E-state index in [1.54, 1.807) is 16.8 Å². The molecule has 1 atom stereocenters. The summed E-state index contributed by atoms with van der Waals surface area (Å²) >= 11 is 0. The summed E-state index contributed by atoms with van der Waals surface area (Å²) in [4.78, 5) is 12.6. The Bertz CT molecular complexity index is 1220. The molecule has 0 bridgehead atoms. The topological polar surface area (TPSA) is 46.9 Å². The Morgan fingerprint density at radius 1 is 1.07 bits per heavy atom. The van der Waals surface area contributed by atoms with Crippen molar-refractivity contribution in [1.82, 2.24) is 9.78 Å². The lowest BCUT2D eigenvalue weighted by atomic mass is 9.83. The van der Waals surface area contributed by atoms with Crippen LogP contribution >= 0.6 is 0 Å². The molecule has 0 spiro atoms. The van der Waals surface area contributed by atoms with Crippen LogP contribution in [0.15, 0.2) is 66.7 Å². The lowest BCUT2D eigenvalue weighted by Gasteiger charge is -2.25. The molecule has 5 rings (SSSR count). The number of benzene rings is 3. The van der Waals surface area contributed by atoms with Crippen molar-refractivity contribution in [2.45, 2.75) is 19.3 Å². The van der Waals surface area contributed by atoms with Gasteiger partial charge >= 0.3 is 0 Å². The molecule has 138 valence electrons. The van der Waals surface area contributed by atoms with Crippen LogP contribution in [-0.2, 0) is 4.79 Å². The number of nitrogens with zero attached hydrogens (tertiary/aromatic N) is 2. The third kappa shape index (κ3) is 2.59. The van der Waals surface area contributed by atoms with Gasteiger partial charge in [0.1, 0.15) is 11.6 Å². The van der Waals surface area contributed by atoms with E-state index >= 15 is 0 Å². The van der Waals surface area contributed by atoms with Gasteiger partial charge in [-0.3, -0.25) is 4.79 Å². The predicted octanol–water partition coefficient (Wildman–Crippen LogP) is 4.95. The first kappa shape index (κ1) is 16.7. The van der Waals surface area contributed by atoms with E-state index in [-0.39, 0.29) is 17.6 Å². The number of nitrogens with one attached hydrogen (secondary N) is 1. The fourth-order valence-electron chi connectivity index (χ4n) is 4.16. The van der Waals surface area contributed by atoms with Crippen molar-refractivity contribution < 1.29 is 9.18 Å². The molecule has 1 aliphatic rings. The van der Waals surface area contributed by atoms with Crippen LogP contribution in [0.3, 0.4) is 0 Å². The second-order valence-electron chi connectivity index (χ2n) is 7.11. The van der Waals surface area contributed by atoms with Crippen molar-refractivity contribution in [3.05, 3.63) is 89.4 Å². The molecule has 1 aromatic heterocycles. The molecule has 1 N–H and O–H groups in total. The van der Waals surface area contributed by atoms with E-state index in [0.717, 1.165) is 27.6 Å². The average molecular weight is 371 g/mol. The summed E-state index contributed by atoms with van der Waals surface area (Å²) in [6, 6.07) is 20.6. The number of halogens is 1. The highest BCUT2D eigenvalue weighted by atomic mass is 19.1. The van der Waals surface area contributed by atoms with E-state index in [2.05, 4.69) is 34.7 Å². The number of carbonyl (C=O) groups is 1. The number of hydrogen-bond acceptors (Lipinski definition) is 2. The van der Waals surface area contributed by atoms with Crippen LogP contribution in [-0.4, -0.2) is 15.7 Å². The third-order valence-electron chi connectivity index (χ3n) is 5.35. The molecule has 2 heterocycles. The molecule has 0 fully saturated rings. The molecular weight excluding hydrogens is 353 g/mol. The molecule has 1 amide bonds. The number of aromatic nitrogens is 2. The number of rotatable bonds is 2. The number of fused-ring (bicyclic) bond motifs is 2. The van der Waals surface area contributed by atoms with Crippen molar-refractivity contribution in [3.63, 3.8) is 0 Å². The molecule has 0 unspecified atom stereocenters. The smallest absolute Gasteiger partial charge is 0.226 e. The van der Waals surface area contributed by atoms with Crippen LogP contribution in [0.25, 0.3) is 16.5 Å². The van der Waals surface area contributed by atoms with Gasteiger partial charge in [-0.2, -0.15) is 5.10 Å². The Morgan fingerprint density at radius 2 is 1.86 bits per heavy atom. The highest BCUT2D eigenvalue weighted by molar-refractivity contribution is 5.96. The monoisotopic (exact) mass is 371 g/mol. The Kier molecular flexibility index (Phi) is 3.76. The van der Waals surface area contributed by atoms with Crippen LogP contribution in [0, 0.1) is 12.7 Å². The highest BCUT2D eigenvalue weighted by Gasteiger charge is 2.33. The normalized spacial score (nSPS) is 16.1. The van der Waals surface area contributed by atoms with Gasteiger partial charge < -0.3 is 5.32 Å². The average Bonchev–Trinajstić information content (AvgIpc) is 3.03. The third-order valence-corrected chi connectivity index (χ3v) is 5.35. The molecule has 28 heavy (non-hydrogen) atoms. The van der Waals surface area contributed by atoms with E-state index < -0.39 is 0 Å². The second-order valence-corrected chi connectivity index (χ2v) is 7.11. The fraction of sp³-hybridized carbons (Fsp3) is 0.130. The lowest BCUT2D eigenvalue weighted by Crippen LogP contribution is -2.25. The Balaban J connectivity index is 1.73. The molecular formula is C23H18FN3O. The summed E-state index contributed by atoms with van der Waals surface area (Å²) < 4.78 is 15.4. The van der Waals surface area contributed by atoms with E-state index in [9.17, 15) is 9.18 Å². The van der Waals surface area contributed by atoms with Crippen molar-refractivity contribution in [3.8, 4) is 5.69 Å². The lowest BCUT2D eigenvalue weighted by molar-refractivity contribution is -0.116. The van der Waals surface area contributed by atoms with Gasteiger partial charge in [0.2, 0.25) is 5.91 Å². The van der Waals surface area contributed by atoms with Crippen molar-refractivity contribution in [2.24, 2.45) is 0 Å². The first-order valence-corrected chi connectivity index (χ1v) is 9.25.